The zero-order valence-electron chi connectivity index (χ0n) is 10.1. The number of alkyl halides is 5. The van der Waals surface area contributed by atoms with Crippen LogP contribution in [-0.4, -0.2) is 17.6 Å². The van der Waals surface area contributed by atoms with E-state index >= 15 is 0 Å². The van der Waals surface area contributed by atoms with E-state index in [2.05, 4.69) is 9.72 Å². The second-order valence-electron chi connectivity index (χ2n) is 3.65. The molecule has 0 unspecified atom stereocenters. The van der Waals surface area contributed by atoms with Crippen molar-refractivity contribution in [2.75, 3.05) is 6.61 Å². The minimum Gasteiger partial charge on any atom is -0.466 e. The van der Waals surface area contributed by atoms with Crippen LogP contribution in [0, 0.1) is 3.70 Å². The van der Waals surface area contributed by atoms with Crippen LogP contribution in [0.15, 0.2) is 6.07 Å². The van der Waals surface area contributed by atoms with Gasteiger partial charge >= 0.3 is 12.1 Å². The van der Waals surface area contributed by atoms with Crippen LogP contribution in [0.3, 0.4) is 0 Å². The third-order valence-electron chi connectivity index (χ3n) is 2.21. The molecule has 0 saturated carbocycles. The van der Waals surface area contributed by atoms with Crippen molar-refractivity contribution in [3.05, 3.63) is 26.6 Å². The van der Waals surface area contributed by atoms with Crippen molar-refractivity contribution in [1.82, 2.24) is 4.98 Å². The third-order valence-corrected chi connectivity index (χ3v) is 2.99. The Labute approximate surface area is 124 Å². The highest BCUT2D eigenvalue weighted by molar-refractivity contribution is 14.1. The summed E-state index contributed by atoms with van der Waals surface area (Å²) in [7, 11) is 0. The molecular formula is C11H9F5INO2. The Hall–Kier alpha value is -1.00. The molecule has 0 amide bonds. The molecule has 1 heterocycles. The monoisotopic (exact) mass is 409 g/mol. The summed E-state index contributed by atoms with van der Waals surface area (Å²) >= 11 is 1.22. The van der Waals surface area contributed by atoms with Gasteiger partial charge in [0.15, 0.2) is 0 Å². The van der Waals surface area contributed by atoms with Crippen molar-refractivity contribution in [2.24, 2.45) is 0 Å². The van der Waals surface area contributed by atoms with E-state index in [0.29, 0.717) is 6.07 Å². The van der Waals surface area contributed by atoms with Gasteiger partial charge in [0, 0.05) is 5.56 Å². The number of nitrogens with zero attached hydrogens (tertiary/aromatic N) is 1. The number of hydrogen-bond acceptors (Lipinski definition) is 3. The summed E-state index contributed by atoms with van der Waals surface area (Å²) in [6.45, 7) is 1.63. The molecule has 0 radical (unpaired) electrons. The van der Waals surface area contributed by atoms with Gasteiger partial charge in [0.1, 0.15) is 3.70 Å². The first-order valence-electron chi connectivity index (χ1n) is 5.37. The van der Waals surface area contributed by atoms with Crippen LogP contribution in [0.5, 0.6) is 0 Å². The molecule has 3 nitrogen and oxygen atoms in total. The minimum atomic E-state index is -4.93. The summed E-state index contributed by atoms with van der Waals surface area (Å²) in [6, 6.07) is 0.590. The number of carbonyl (C=O) groups is 1. The predicted octanol–water partition coefficient (Wildman–Crippen LogP) is 3.75. The van der Waals surface area contributed by atoms with E-state index in [1.807, 2.05) is 0 Å². The predicted molar refractivity (Wildman–Crippen MR) is 67.3 cm³/mol. The van der Waals surface area contributed by atoms with Crippen LogP contribution < -0.4 is 0 Å². The molecule has 0 atom stereocenters. The molecule has 0 bridgehead atoms. The average Bonchev–Trinajstić information content (AvgIpc) is 2.26. The first kappa shape index (κ1) is 17.1. The van der Waals surface area contributed by atoms with E-state index in [-0.39, 0.29) is 12.3 Å². The number of pyridine rings is 1. The van der Waals surface area contributed by atoms with Crippen molar-refractivity contribution in [3.8, 4) is 0 Å². The van der Waals surface area contributed by atoms with E-state index in [4.69, 9.17) is 0 Å². The summed E-state index contributed by atoms with van der Waals surface area (Å²) in [5, 5.41) is 0. The zero-order chi connectivity index (χ0) is 15.5. The maximum Gasteiger partial charge on any atom is 0.419 e. The second-order valence-corrected chi connectivity index (χ2v) is 4.67. The van der Waals surface area contributed by atoms with Crippen LogP contribution in [0.4, 0.5) is 22.0 Å². The smallest absolute Gasteiger partial charge is 0.419 e. The van der Waals surface area contributed by atoms with Crippen molar-refractivity contribution >= 4 is 28.6 Å². The molecule has 1 aromatic rings. The number of hydrogen-bond donors (Lipinski definition) is 0. The van der Waals surface area contributed by atoms with Gasteiger partial charge in [-0.3, -0.25) is 4.79 Å². The number of esters is 1. The molecule has 0 aromatic carbocycles. The van der Waals surface area contributed by atoms with E-state index in [1.54, 1.807) is 6.92 Å². The molecule has 112 valence electrons. The molecule has 1 rings (SSSR count). The van der Waals surface area contributed by atoms with Crippen molar-refractivity contribution in [2.45, 2.75) is 25.9 Å². The SMILES string of the molecule is CCOC(=O)Cc1cc(C(F)F)c(C(F)(F)F)c(I)n1. The lowest BCUT2D eigenvalue weighted by molar-refractivity contribution is -0.142. The third kappa shape index (κ3) is 4.25. The Morgan fingerprint density at radius 1 is 1.45 bits per heavy atom. The van der Waals surface area contributed by atoms with Crippen LogP contribution in [-0.2, 0) is 22.1 Å². The molecule has 9 heteroatoms. The lowest BCUT2D eigenvalue weighted by atomic mass is 10.1. The highest BCUT2D eigenvalue weighted by atomic mass is 127. The molecular weight excluding hydrogens is 400 g/mol. The van der Waals surface area contributed by atoms with Gasteiger partial charge in [-0.25, -0.2) is 13.8 Å². The van der Waals surface area contributed by atoms with Crippen LogP contribution in [0.25, 0.3) is 0 Å². The molecule has 0 aliphatic rings. The number of aromatic nitrogens is 1. The fourth-order valence-electron chi connectivity index (χ4n) is 1.49. The molecule has 0 N–H and O–H groups in total. The average molecular weight is 409 g/mol. The maximum absolute atomic E-state index is 12.8. The van der Waals surface area contributed by atoms with E-state index < -0.39 is 39.8 Å². The fraction of sp³-hybridized carbons (Fsp3) is 0.455. The number of halogens is 6. The van der Waals surface area contributed by atoms with Gasteiger partial charge in [0.05, 0.1) is 24.3 Å². The summed E-state index contributed by atoms with van der Waals surface area (Å²) in [4.78, 5) is 14.7. The topological polar surface area (TPSA) is 39.2 Å². The van der Waals surface area contributed by atoms with Gasteiger partial charge in [-0.05, 0) is 35.6 Å². The van der Waals surface area contributed by atoms with E-state index in [0.717, 1.165) is 0 Å². The first-order valence-corrected chi connectivity index (χ1v) is 6.45. The van der Waals surface area contributed by atoms with Gasteiger partial charge < -0.3 is 4.74 Å². The molecule has 0 aliphatic carbocycles. The summed E-state index contributed by atoms with van der Waals surface area (Å²) in [5.41, 5.74) is -2.84. The highest BCUT2D eigenvalue weighted by Gasteiger charge is 2.39. The lowest BCUT2D eigenvalue weighted by Gasteiger charge is -2.15. The van der Waals surface area contributed by atoms with E-state index in [1.165, 1.54) is 22.6 Å². The Morgan fingerprint density at radius 3 is 2.50 bits per heavy atom. The normalized spacial score (nSPS) is 11.8. The maximum atomic E-state index is 12.8. The minimum absolute atomic E-state index is 0.0816. The Morgan fingerprint density at radius 2 is 2.05 bits per heavy atom. The molecule has 1 aromatic heterocycles. The molecule has 0 spiro atoms. The Bertz CT molecular complexity index is 504. The number of carbonyl (C=O) groups excluding carboxylic acids is 1. The van der Waals surface area contributed by atoms with Gasteiger partial charge in [0.25, 0.3) is 6.43 Å². The van der Waals surface area contributed by atoms with Crippen LogP contribution in [0.2, 0.25) is 0 Å². The first-order chi connectivity index (χ1) is 9.16. The van der Waals surface area contributed by atoms with Gasteiger partial charge in [-0.2, -0.15) is 13.2 Å². The van der Waals surface area contributed by atoms with Crippen molar-refractivity contribution in [1.29, 1.82) is 0 Å². The Kier molecular flexibility index (Phi) is 5.66. The van der Waals surface area contributed by atoms with Crippen LogP contribution in [0.1, 0.15) is 30.2 Å². The quantitative estimate of drug-likeness (QED) is 0.329. The van der Waals surface area contributed by atoms with E-state index in [9.17, 15) is 26.7 Å². The number of ether oxygens (including phenoxy) is 1. The molecule has 20 heavy (non-hydrogen) atoms. The van der Waals surface area contributed by atoms with Gasteiger partial charge in [-0.15, -0.1) is 0 Å². The second kappa shape index (κ2) is 6.64. The standard InChI is InChI=1S/C11H9F5INO2/c1-2-20-7(19)4-5-3-6(9(12)13)8(10(17)18-5)11(14,15)16/h3,9H,2,4H2,1H3. The molecule has 0 saturated heterocycles. The summed E-state index contributed by atoms with van der Waals surface area (Å²) < 4.78 is 67.6. The largest absolute Gasteiger partial charge is 0.466 e. The lowest BCUT2D eigenvalue weighted by Crippen LogP contribution is -2.16. The van der Waals surface area contributed by atoms with Crippen molar-refractivity contribution in [3.63, 3.8) is 0 Å². The summed E-state index contributed by atoms with van der Waals surface area (Å²) in [5.74, 6) is -0.740. The fourth-order valence-corrected chi connectivity index (χ4v) is 2.42. The van der Waals surface area contributed by atoms with Crippen LogP contribution >= 0.6 is 22.6 Å². The van der Waals surface area contributed by atoms with Gasteiger partial charge in [-0.1, -0.05) is 0 Å². The summed E-state index contributed by atoms with van der Waals surface area (Å²) in [6.07, 6.45) is -8.71. The van der Waals surface area contributed by atoms with Gasteiger partial charge in [0.2, 0.25) is 0 Å². The van der Waals surface area contributed by atoms with Crippen molar-refractivity contribution < 1.29 is 31.5 Å². The highest BCUT2D eigenvalue weighted by Crippen LogP contribution is 2.38. The molecule has 0 fully saturated rings. The number of rotatable bonds is 4. The molecule has 0 aliphatic heterocycles. The Balaban J connectivity index is 3.24. The zero-order valence-corrected chi connectivity index (χ0v) is 12.3.